The van der Waals surface area contributed by atoms with Gasteiger partial charge < -0.3 is 15.5 Å². The SMILES string of the molecule is CC[NH+](CC)CCNC(=O)c1ccc(NC(=O)/C=C/c2ccc(F)cc2)cc1. The summed E-state index contributed by atoms with van der Waals surface area (Å²) in [6.45, 7) is 7.85. The molecule has 2 amide bonds. The molecule has 0 fully saturated rings. The molecule has 0 unspecified atom stereocenters. The Labute approximate surface area is 165 Å². The number of carbonyl (C=O) groups excluding carboxylic acids is 2. The molecular formula is C22H27FN3O2+. The molecule has 3 N–H and O–H groups in total. The molecule has 0 bridgehead atoms. The minimum Gasteiger partial charge on any atom is -0.346 e. The highest BCUT2D eigenvalue weighted by Crippen LogP contribution is 2.10. The molecule has 0 aliphatic heterocycles. The largest absolute Gasteiger partial charge is 0.346 e. The van der Waals surface area contributed by atoms with Crippen molar-refractivity contribution in [1.82, 2.24) is 5.32 Å². The molecule has 0 heterocycles. The van der Waals surface area contributed by atoms with E-state index in [4.69, 9.17) is 0 Å². The van der Waals surface area contributed by atoms with Crippen molar-refractivity contribution >= 4 is 23.6 Å². The summed E-state index contributed by atoms with van der Waals surface area (Å²) in [6.07, 6.45) is 2.98. The average molecular weight is 384 g/mol. The Balaban J connectivity index is 1.83. The van der Waals surface area contributed by atoms with Crippen LogP contribution in [-0.2, 0) is 4.79 Å². The van der Waals surface area contributed by atoms with Gasteiger partial charge in [-0.1, -0.05) is 12.1 Å². The molecule has 0 saturated carbocycles. The molecule has 0 spiro atoms. The van der Waals surface area contributed by atoms with Crippen LogP contribution in [0.25, 0.3) is 6.08 Å². The lowest BCUT2D eigenvalue weighted by atomic mass is 10.2. The Kier molecular flexibility index (Phi) is 8.37. The van der Waals surface area contributed by atoms with E-state index in [1.807, 2.05) is 0 Å². The molecule has 0 aliphatic carbocycles. The summed E-state index contributed by atoms with van der Waals surface area (Å²) in [4.78, 5) is 25.6. The summed E-state index contributed by atoms with van der Waals surface area (Å²) in [6, 6.07) is 12.6. The fourth-order valence-electron chi connectivity index (χ4n) is 2.69. The van der Waals surface area contributed by atoms with Gasteiger partial charge in [-0.3, -0.25) is 9.59 Å². The second kappa shape index (κ2) is 11.0. The predicted molar refractivity (Wildman–Crippen MR) is 110 cm³/mol. The molecule has 0 aliphatic rings. The van der Waals surface area contributed by atoms with Crippen LogP contribution in [0.15, 0.2) is 54.6 Å². The van der Waals surface area contributed by atoms with Crippen molar-refractivity contribution < 1.29 is 18.9 Å². The maximum Gasteiger partial charge on any atom is 0.251 e. The smallest absolute Gasteiger partial charge is 0.251 e. The molecule has 2 rings (SSSR count). The molecule has 28 heavy (non-hydrogen) atoms. The van der Waals surface area contributed by atoms with Gasteiger partial charge in [0.15, 0.2) is 0 Å². The van der Waals surface area contributed by atoms with E-state index in [0.717, 1.165) is 25.2 Å². The molecule has 5 nitrogen and oxygen atoms in total. The summed E-state index contributed by atoms with van der Waals surface area (Å²) < 4.78 is 12.9. The molecule has 2 aromatic carbocycles. The third-order valence-corrected chi connectivity index (χ3v) is 4.48. The van der Waals surface area contributed by atoms with Crippen LogP contribution in [0.5, 0.6) is 0 Å². The Hall–Kier alpha value is -2.99. The Morgan fingerprint density at radius 1 is 1.00 bits per heavy atom. The van der Waals surface area contributed by atoms with Crippen molar-refractivity contribution in [2.75, 3.05) is 31.5 Å². The first-order valence-electron chi connectivity index (χ1n) is 9.48. The number of halogens is 1. The van der Waals surface area contributed by atoms with Gasteiger partial charge in [-0.25, -0.2) is 4.39 Å². The average Bonchev–Trinajstić information content (AvgIpc) is 2.71. The number of nitrogens with one attached hydrogen (secondary N) is 3. The number of carbonyl (C=O) groups is 2. The summed E-state index contributed by atoms with van der Waals surface area (Å²) in [7, 11) is 0. The number of benzene rings is 2. The third kappa shape index (κ3) is 6.96. The lowest BCUT2D eigenvalue weighted by molar-refractivity contribution is -0.895. The standard InChI is InChI=1S/C22H26FN3O2/c1-3-26(4-2)16-15-24-22(28)18-8-12-20(13-9-18)25-21(27)14-7-17-5-10-19(23)11-6-17/h5-14H,3-4,15-16H2,1-2H3,(H,24,28)(H,25,27)/p+1/b14-7+. The van der Waals surface area contributed by atoms with E-state index in [2.05, 4.69) is 24.5 Å². The van der Waals surface area contributed by atoms with Crippen LogP contribution in [0.1, 0.15) is 29.8 Å². The molecular weight excluding hydrogens is 357 g/mol. The molecule has 6 heteroatoms. The highest BCUT2D eigenvalue weighted by atomic mass is 19.1. The lowest BCUT2D eigenvalue weighted by Gasteiger charge is -2.15. The molecule has 0 saturated heterocycles. The van der Waals surface area contributed by atoms with Gasteiger partial charge >= 0.3 is 0 Å². The second-order valence-corrected chi connectivity index (χ2v) is 6.41. The van der Waals surface area contributed by atoms with Gasteiger partial charge in [-0.15, -0.1) is 0 Å². The van der Waals surface area contributed by atoms with Crippen LogP contribution in [0.4, 0.5) is 10.1 Å². The number of likely N-dealkylation sites (N-methyl/N-ethyl adjacent to an activating group) is 1. The van der Waals surface area contributed by atoms with Crippen LogP contribution in [-0.4, -0.2) is 38.0 Å². The van der Waals surface area contributed by atoms with E-state index in [1.54, 1.807) is 42.5 Å². The van der Waals surface area contributed by atoms with Crippen molar-refractivity contribution in [2.45, 2.75) is 13.8 Å². The number of rotatable bonds is 9. The summed E-state index contributed by atoms with van der Waals surface area (Å²) in [5.74, 6) is -0.746. The number of hydrogen-bond donors (Lipinski definition) is 3. The Morgan fingerprint density at radius 3 is 2.25 bits per heavy atom. The highest BCUT2D eigenvalue weighted by molar-refractivity contribution is 6.02. The van der Waals surface area contributed by atoms with Gasteiger partial charge in [-0.05, 0) is 61.9 Å². The van der Waals surface area contributed by atoms with Crippen LogP contribution >= 0.6 is 0 Å². The minimum absolute atomic E-state index is 0.124. The van der Waals surface area contributed by atoms with Crippen molar-refractivity contribution in [1.29, 1.82) is 0 Å². The van der Waals surface area contributed by atoms with Crippen molar-refractivity contribution in [3.63, 3.8) is 0 Å². The fourth-order valence-corrected chi connectivity index (χ4v) is 2.69. The topological polar surface area (TPSA) is 62.6 Å². The minimum atomic E-state index is -0.319. The summed E-state index contributed by atoms with van der Waals surface area (Å²) in [5, 5.41) is 5.64. The third-order valence-electron chi connectivity index (χ3n) is 4.48. The van der Waals surface area contributed by atoms with E-state index in [9.17, 15) is 14.0 Å². The van der Waals surface area contributed by atoms with Gasteiger partial charge in [0, 0.05) is 17.3 Å². The number of quaternary nitrogens is 1. The maximum absolute atomic E-state index is 12.9. The van der Waals surface area contributed by atoms with Gasteiger partial charge in [0.05, 0.1) is 26.2 Å². The number of amides is 2. The van der Waals surface area contributed by atoms with E-state index in [0.29, 0.717) is 17.8 Å². The van der Waals surface area contributed by atoms with E-state index >= 15 is 0 Å². The first-order valence-corrected chi connectivity index (χ1v) is 9.48. The normalized spacial score (nSPS) is 11.0. The summed E-state index contributed by atoms with van der Waals surface area (Å²) >= 11 is 0. The van der Waals surface area contributed by atoms with Gasteiger partial charge in [0.25, 0.3) is 5.91 Å². The zero-order chi connectivity index (χ0) is 20.4. The Morgan fingerprint density at radius 2 is 1.64 bits per heavy atom. The van der Waals surface area contributed by atoms with Crippen LogP contribution in [0.2, 0.25) is 0 Å². The molecule has 148 valence electrons. The fraction of sp³-hybridized carbons (Fsp3) is 0.273. The van der Waals surface area contributed by atoms with E-state index < -0.39 is 0 Å². The predicted octanol–water partition coefficient (Wildman–Crippen LogP) is 2.13. The first kappa shape index (κ1) is 21.3. The summed E-state index contributed by atoms with van der Waals surface area (Å²) in [5.41, 5.74) is 1.88. The van der Waals surface area contributed by atoms with E-state index in [1.165, 1.54) is 23.1 Å². The van der Waals surface area contributed by atoms with Crippen LogP contribution < -0.4 is 15.5 Å². The Bertz CT molecular complexity index is 798. The van der Waals surface area contributed by atoms with E-state index in [-0.39, 0.29) is 17.6 Å². The van der Waals surface area contributed by atoms with Crippen molar-refractivity contribution in [3.05, 3.63) is 71.6 Å². The zero-order valence-corrected chi connectivity index (χ0v) is 16.3. The quantitative estimate of drug-likeness (QED) is 0.580. The molecule has 0 atom stereocenters. The van der Waals surface area contributed by atoms with Crippen LogP contribution in [0.3, 0.4) is 0 Å². The zero-order valence-electron chi connectivity index (χ0n) is 16.3. The second-order valence-electron chi connectivity index (χ2n) is 6.41. The van der Waals surface area contributed by atoms with Crippen molar-refractivity contribution in [2.24, 2.45) is 0 Å². The molecule has 0 aromatic heterocycles. The van der Waals surface area contributed by atoms with Gasteiger partial charge in [0.1, 0.15) is 5.82 Å². The molecule has 0 radical (unpaired) electrons. The number of hydrogen-bond acceptors (Lipinski definition) is 2. The van der Waals surface area contributed by atoms with Crippen molar-refractivity contribution in [3.8, 4) is 0 Å². The maximum atomic E-state index is 12.9. The van der Waals surface area contributed by atoms with Gasteiger partial charge in [-0.2, -0.15) is 0 Å². The number of anilines is 1. The van der Waals surface area contributed by atoms with Crippen LogP contribution in [0, 0.1) is 5.82 Å². The highest BCUT2D eigenvalue weighted by Gasteiger charge is 2.08. The monoisotopic (exact) mass is 384 g/mol. The molecule has 2 aromatic rings. The van der Waals surface area contributed by atoms with Gasteiger partial charge in [0.2, 0.25) is 5.91 Å². The first-order chi connectivity index (χ1) is 13.5. The lowest BCUT2D eigenvalue weighted by Crippen LogP contribution is -3.12.